The van der Waals surface area contributed by atoms with Crippen molar-refractivity contribution in [1.82, 2.24) is 10.2 Å². The zero-order chi connectivity index (χ0) is 26.3. The number of amides is 2. The fourth-order valence-corrected chi connectivity index (χ4v) is 3.80. The van der Waals surface area contributed by atoms with Crippen molar-refractivity contribution in [3.05, 3.63) is 62.1 Å². The molecule has 0 saturated carbocycles. The lowest BCUT2D eigenvalue weighted by atomic mass is 10.1. The van der Waals surface area contributed by atoms with Crippen molar-refractivity contribution in [2.24, 2.45) is 0 Å². The molecule has 0 heterocycles. The second-order valence-electron chi connectivity index (χ2n) is 8.80. The van der Waals surface area contributed by atoms with Gasteiger partial charge in [0.15, 0.2) is 6.61 Å². The molecule has 0 aliphatic rings. The van der Waals surface area contributed by atoms with Crippen molar-refractivity contribution in [2.75, 3.05) is 13.7 Å². The molecule has 190 valence electrons. The third-order valence-electron chi connectivity index (χ3n) is 4.95. The summed E-state index contributed by atoms with van der Waals surface area (Å²) in [6.45, 7) is 7.00. The Hall–Kier alpha value is -3.04. The van der Waals surface area contributed by atoms with Gasteiger partial charge in [-0.2, -0.15) is 0 Å². The molecule has 2 aromatic rings. The highest BCUT2D eigenvalue weighted by Gasteiger charge is 2.31. The van der Waals surface area contributed by atoms with Crippen molar-refractivity contribution >= 4 is 40.7 Å². The Balaban J connectivity index is 2.31. The van der Waals surface area contributed by atoms with Gasteiger partial charge in [-0.25, -0.2) is 0 Å². The Bertz CT molecular complexity index is 1090. The molecule has 1 atom stereocenters. The van der Waals surface area contributed by atoms with Crippen LogP contribution in [0.15, 0.2) is 36.4 Å². The van der Waals surface area contributed by atoms with E-state index in [1.165, 1.54) is 30.2 Å². The van der Waals surface area contributed by atoms with E-state index in [-0.39, 0.29) is 29.6 Å². The average molecular weight is 526 g/mol. The number of carbonyl (C=O) groups is 2. The van der Waals surface area contributed by atoms with Gasteiger partial charge in [-0.1, -0.05) is 36.2 Å². The van der Waals surface area contributed by atoms with E-state index in [9.17, 15) is 19.7 Å². The van der Waals surface area contributed by atoms with Crippen LogP contribution in [0.3, 0.4) is 0 Å². The zero-order valence-electron chi connectivity index (χ0n) is 20.3. The highest BCUT2D eigenvalue weighted by atomic mass is 35.5. The predicted octanol–water partition coefficient (Wildman–Crippen LogP) is 5.01. The lowest BCUT2D eigenvalue weighted by molar-refractivity contribution is -0.385. The number of hydrogen-bond donors (Lipinski definition) is 1. The van der Waals surface area contributed by atoms with Crippen LogP contribution in [-0.4, -0.2) is 46.9 Å². The first-order chi connectivity index (χ1) is 16.4. The number of rotatable bonds is 10. The van der Waals surface area contributed by atoms with E-state index in [1.807, 2.05) is 20.8 Å². The molecule has 0 aliphatic heterocycles. The van der Waals surface area contributed by atoms with Gasteiger partial charge < -0.3 is 19.7 Å². The number of nitrogens with one attached hydrogen (secondary N) is 1. The van der Waals surface area contributed by atoms with E-state index < -0.39 is 29.0 Å². The van der Waals surface area contributed by atoms with Crippen LogP contribution >= 0.6 is 23.2 Å². The predicted molar refractivity (Wildman–Crippen MR) is 134 cm³/mol. The molecule has 1 N–H and O–H groups in total. The molecule has 0 unspecified atom stereocenters. The van der Waals surface area contributed by atoms with Gasteiger partial charge in [0, 0.05) is 34.3 Å². The number of hydrogen-bond acceptors (Lipinski definition) is 6. The summed E-state index contributed by atoms with van der Waals surface area (Å²) >= 11 is 12.3. The van der Waals surface area contributed by atoms with E-state index in [1.54, 1.807) is 25.1 Å². The molecule has 0 saturated heterocycles. The highest BCUT2D eigenvalue weighted by Crippen LogP contribution is 2.31. The minimum absolute atomic E-state index is 0.000686. The summed E-state index contributed by atoms with van der Waals surface area (Å²) in [5.41, 5.74) is -0.110. The van der Waals surface area contributed by atoms with E-state index >= 15 is 0 Å². The van der Waals surface area contributed by atoms with E-state index in [0.29, 0.717) is 22.0 Å². The largest absolute Gasteiger partial charge is 0.490 e. The highest BCUT2D eigenvalue weighted by molar-refractivity contribution is 6.35. The quantitative estimate of drug-likeness (QED) is 0.344. The topological polar surface area (TPSA) is 111 Å². The van der Waals surface area contributed by atoms with Crippen molar-refractivity contribution in [3.8, 4) is 11.5 Å². The van der Waals surface area contributed by atoms with Gasteiger partial charge in [0.2, 0.25) is 11.7 Å². The Morgan fingerprint density at radius 2 is 1.86 bits per heavy atom. The normalized spacial score (nSPS) is 12.0. The second kappa shape index (κ2) is 12.1. The van der Waals surface area contributed by atoms with Crippen LogP contribution < -0.4 is 14.8 Å². The summed E-state index contributed by atoms with van der Waals surface area (Å²) in [5, 5.41) is 14.8. The molecule has 2 amide bonds. The molecule has 2 rings (SSSR count). The molecule has 9 nitrogen and oxygen atoms in total. The summed E-state index contributed by atoms with van der Waals surface area (Å²) in [6, 6.07) is 8.06. The van der Waals surface area contributed by atoms with Gasteiger partial charge in [0.25, 0.3) is 5.91 Å². The minimum Gasteiger partial charge on any atom is -0.490 e. The summed E-state index contributed by atoms with van der Waals surface area (Å²) in [6.07, 6.45) is 0.351. The van der Waals surface area contributed by atoms with Crippen molar-refractivity contribution in [2.45, 2.75) is 52.2 Å². The van der Waals surface area contributed by atoms with Crippen LogP contribution in [0.4, 0.5) is 5.69 Å². The van der Waals surface area contributed by atoms with Crippen LogP contribution in [0.2, 0.25) is 10.0 Å². The van der Waals surface area contributed by atoms with E-state index in [2.05, 4.69) is 5.32 Å². The number of halogens is 2. The van der Waals surface area contributed by atoms with E-state index in [0.717, 1.165) is 0 Å². The Morgan fingerprint density at radius 1 is 1.17 bits per heavy atom. The summed E-state index contributed by atoms with van der Waals surface area (Å²) in [7, 11) is 1.30. The Kier molecular flexibility index (Phi) is 9.73. The van der Waals surface area contributed by atoms with Gasteiger partial charge in [0.05, 0.1) is 12.0 Å². The van der Waals surface area contributed by atoms with Gasteiger partial charge >= 0.3 is 5.69 Å². The van der Waals surface area contributed by atoms with Crippen LogP contribution in [0.25, 0.3) is 0 Å². The average Bonchev–Trinajstić information content (AvgIpc) is 2.77. The number of nitrogens with zero attached hydrogens (tertiary/aromatic N) is 2. The number of ether oxygens (including phenoxy) is 2. The fourth-order valence-electron chi connectivity index (χ4n) is 3.33. The first kappa shape index (κ1) is 28.2. The molecule has 0 spiro atoms. The molecular formula is C24H29Cl2N3O6. The number of nitro groups is 1. The fraction of sp³-hybridized carbons (Fsp3) is 0.417. The third-order valence-corrected chi connectivity index (χ3v) is 5.54. The van der Waals surface area contributed by atoms with Crippen molar-refractivity contribution in [1.29, 1.82) is 0 Å². The molecule has 2 aromatic carbocycles. The van der Waals surface area contributed by atoms with Gasteiger partial charge in [-0.15, -0.1) is 0 Å². The van der Waals surface area contributed by atoms with Crippen molar-refractivity contribution < 1.29 is 24.0 Å². The minimum atomic E-state index is -0.788. The molecule has 0 aromatic heterocycles. The Morgan fingerprint density at radius 3 is 2.40 bits per heavy atom. The maximum absolute atomic E-state index is 13.3. The van der Waals surface area contributed by atoms with Crippen molar-refractivity contribution in [3.63, 3.8) is 0 Å². The SMILES string of the molecule is CC[C@@H](C(=O)NC(C)(C)C)N(Cc1ccc(Cl)cc1Cl)C(=O)COc1ccc([N+](=O)[O-])c(OC)c1. The van der Waals surface area contributed by atoms with Gasteiger partial charge in [-0.3, -0.25) is 19.7 Å². The molecule has 0 aliphatic carbocycles. The Labute approximate surface area is 214 Å². The van der Waals surface area contributed by atoms with Gasteiger partial charge in [-0.05, 0) is 51.0 Å². The monoisotopic (exact) mass is 525 g/mol. The molecule has 0 bridgehead atoms. The first-order valence-electron chi connectivity index (χ1n) is 10.9. The molecule has 35 heavy (non-hydrogen) atoms. The molecule has 0 radical (unpaired) electrons. The van der Waals surface area contributed by atoms with Crippen LogP contribution in [0.1, 0.15) is 39.7 Å². The molecule has 11 heteroatoms. The molecule has 0 fully saturated rings. The maximum atomic E-state index is 13.3. The second-order valence-corrected chi connectivity index (χ2v) is 9.64. The number of benzene rings is 2. The van der Waals surface area contributed by atoms with E-state index in [4.69, 9.17) is 32.7 Å². The summed E-state index contributed by atoms with van der Waals surface area (Å²) < 4.78 is 10.7. The lowest BCUT2D eigenvalue weighted by Gasteiger charge is -2.33. The third kappa shape index (κ3) is 8.00. The molecular weight excluding hydrogens is 497 g/mol. The maximum Gasteiger partial charge on any atom is 0.311 e. The number of nitro benzene ring substituents is 1. The van der Waals surface area contributed by atoms with Crippen LogP contribution in [0.5, 0.6) is 11.5 Å². The number of carbonyl (C=O) groups excluding carboxylic acids is 2. The standard InChI is InChI=1S/C24H29Cl2N3O6/c1-6-19(23(31)27-24(2,3)4)28(13-15-7-8-16(25)11-18(15)26)22(30)14-35-17-9-10-20(29(32)33)21(12-17)34-5/h7-12,19H,6,13-14H2,1-5H3,(H,27,31)/t19-/m0/s1. The summed E-state index contributed by atoms with van der Waals surface area (Å²) in [4.78, 5) is 38.3. The lowest BCUT2D eigenvalue weighted by Crippen LogP contribution is -2.54. The number of methoxy groups -OCH3 is 1. The van der Waals surface area contributed by atoms with Crippen LogP contribution in [-0.2, 0) is 16.1 Å². The smallest absolute Gasteiger partial charge is 0.311 e. The summed E-state index contributed by atoms with van der Waals surface area (Å²) in [5.74, 6) is -0.571. The van der Waals surface area contributed by atoms with Crippen LogP contribution in [0, 0.1) is 10.1 Å². The van der Waals surface area contributed by atoms with Gasteiger partial charge in [0.1, 0.15) is 11.8 Å². The first-order valence-corrected chi connectivity index (χ1v) is 11.6. The zero-order valence-corrected chi connectivity index (χ0v) is 21.8.